The molecule has 1 saturated heterocycles. The second kappa shape index (κ2) is 11.2. The number of rotatable bonds is 8. The summed E-state index contributed by atoms with van der Waals surface area (Å²) in [5.41, 5.74) is 2.22. The molecule has 1 N–H and O–H groups in total. The van der Waals surface area contributed by atoms with Crippen LogP contribution in [0.3, 0.4) is 0 Å². The second-order valence-electron chi connectivity index (χ2n) is 8.37. The van der Waals surface area contributed by atoms with Crippen molar-refractivity contribution in [3.8, 4) is 23.0 Å². The fourth-order valence-corrected chi connectivity index (χ4v) is 5.62. The molecule has 2 heterocycles. The van der Waals surface area contributed by atoms with Crippen molar-refractivity contribution in [1.29, 1.82) is 5.26 Å². The smallest absolute Gasteiger partial charge is 0.262 e. The van der Waals surface area contributed by atoms with Crippen molar-refractivity contribution in [3.05, 3.63) is 84.6 Å². The van der Waals surface area contributed by atoms with Crippen molar-refractivity contribution >= 4 is 22.0 Å². The zero-order chi connectivity index (χ0) is 25.5. The largest absolute Gasteiger partial charge is 0.348 e. The molecule has 1 fully saturated rings. The van der Waals surface area contributed by atoms with E-state index in [1.54, 1.807) is 35.1 Å². The van der Waals surface area contributed by atoms with E-state index in [0.717, 1.165) is 24.9 Å². The van der Waals surface area contributed by atoms with E-state index in [-0.39, 0.29) is 17.0 Å². The molecule has 0 spiro atoms. The first-order valence-electron chi connectivity index (χ1n) is 11.7. The van der Waals surface area contributed by atoms with Gasteiger partial charge in [-0.15, -0.1) is 6.58 Å². The summed E-state index contributed by atoms with van der Waals surface area (Å²) in [5.74, 6) is -0.530. The maximum absolute atomic E-state index is 13.3. The molecule has 9 heteroatoms. The van der Waals surface area contributed by atoms with Crippen molar-refractivity contribution < 1.29 is 13.2 Å². The first-order valence-corrected chi connectivity index (χ1v) is 13.1. The van der Waals surface area contributed by atoms with Crippen molar-refractivity contribution in [2.45, 2.75) is 24.2 Å². The number of sulfonamides is 1. The lowest BCUT2D eigenvalue weighted by molar-refractivity contribution is -0.116. The van der Waals surface area contributed by atoms with Crippen molar-refractivity contribution in [2.24, 2.45) is 0 Å². The average Bonchev–Trinajstić information content (AvgIpc) is 3.35. The van der Waals surface area contributed by atoms with E-state index in [1.165, 1.54) is 16.5 Å². The molecule has 4 rings (SSSR count). The number of para-hydroxylation sites is 1. The van der Waals surface area contributed by atoms with E-state index in [4.69, 9.17) is 5.10 Å². The van der Waals surface area contributed by atoms with Gasteiger partial charge in [-0.1, -0.05) is 42.8 Å². The number of carbonyl (C=O) groups excluding carboxylic acids is 1. The average molecular weight is 502 g/mol. The number of benzene rings is 2. The number of nitrogens with zero attached hydrogens (tertiary/aromatic N) is 4. The molecular formula is C27H27N5O3S. The van der Waals surface area contributed by atoms with Gasteiger partial charge in [0.25, 0.3) is 5.91 Å². The molecule has 0 bridgehead atoms. The predicted octanol–water partition coefficient (Wildman–Crippen LogP) is 3.92. The molecule has 0 saturated carbocycles. The summed E-state index contributed by atoms with van der Waals surface area (Å²) in [6.45, 7) is 4.81. The van der Waals surface area contributed by atoms with Crippen LogP contribution in [0.1, 0.15) is 24.8 Å². The molecule has 0 unspecified atom stereocenters. The van der Waals surface area contributed by atoms with Crippen LogP contribution in [0, 0.1) is 11.3 Å². The van der Waals surface area contributed by atoms with Crippen molar-refractivity contribution in [1.82, 2.24) is 19.4 Å². The number of nitriles is 1. The highest BCUT2D eigenvalue weighted by molar-refractivity contribution is 7.89. The molecule has 184 valence electrons. The predicted molar refractivity (Wildman–Crippen MR) is 138 cm³/mol. The number of nitrogens with one attached hydrogen (secondary N) is 1. The zero-order valence-electron chi connectivity index (χ0n) is 19.8. The minimum atomic E-state index is -3.64. The second-order valence-corrected chi connectivity index (χ2v) is 10.3. The van der Waals surface area contributed by atoms with Gasteiger partial charge in [0.15, 0.2) is 0 Å². The summed E-state index contributed by atoms with van der Waals surface area (Å²) in [6.07, 6.45) is 7.43. The Labute approximate surface area is 211 Å². The highest BCUT2D eigenvalue weighted by Gasteiger charge is 2.26. The van der Waals surface area contributed by atoms with Gasteiger partial charge in [0, 0.05) is 37.0 Å². The Morgan fingerprint density at radius 1 is 1.11 bits per heavy atom. The Bertz CT molecular complexity index is 1430. The van der Waals surface area contributed by atoms with Gasteiger partial charge in [0.1, 0.15) is 17.3 Å². The summed E-state index contributed by atoms with van der Waals surface area (Å²) >= 11 is 0. The third kappa shape index (κ3) is 5.46. The Kier molecular flexibility index (Phi) is 7.78. The highest BCUT2D eigenvalue weighted by Crippen LogP contribution is 2.29. The van der Waals surface area contributed by atoms with Crippen LogP contribution in [0.25, 0.3) is 23.0 Å². The van der Waals surface area contributed by atoms with Gasteiger partial charge >= 0.3 is 0 Å². The van der Waals surface area contributed by atoms with E-state index in [2.05, 4.69) is 11.9 Å². The first kappa shape index (κ1) is 25.1. The van der Waals surface area contributed by atoms with Gasteiger partial charge in [-0.05, 0) is 43.2 Å². The molecule has 0 aliphatic carbocycles. The van der Waals surface area contributed by atoms with Crippen LogP contribution in [0.2, 0.25) is 0 Å². The lowest BCUT2D eigenvalue weighted by Crippen LogP contribution is -2.35. The summed E-state index contributed by atoms with van der Waals surface area (Å²) in [4.78, 5) is 12.7. The van der Waals surface area contributed by atoms with Crippen LogP contribution < -0.4 is 5.32 Å². The minimum absolute atomic E-state index is 0.0946. The third-order valence-corrected chi connectivity index (χ3v) is 7.79. The standard InChI is InChI=1S/C27H27N5O3S/c1-2-14-29-27(33)22(19-28)17-23-20-32(24-11-5-3-6-12-24)30-26(23)21-10-9-13-25(18-21)36(34,35)31-15-7-4-8-16-31/h2-3,5-6,9-13,17-18,20H,1,4,7-8,14-16H2,(H,29,33). The molecule has 1 amide bonds. The van der Waals surface area contributed by atoms with Crippen LogP contribution in [-0.4, -0.2) is 48.0 Å². The zero-order valence-corrected chi connectivity index (χ0v) is 20.6. The summed E-state index contributed by atoms with van der Waals surface area (Å²) in [7, 11) is -3.64. The van der Waals surface area contributed by atoms with E-state index >= 15 is 0 Å². The van der Waals surface area contributed by atoms with Gasteiger partial charge in [-0.2, -0.15) is 14.7 Å². The van der Waals surface area contributed by atoms with E-state index in [0.29, 0.717) is 29.9 Å². The van der Waals surface area contributed by atoms with Crippen LogP contribution in [0.4, 0.5) is 0 Å². The van der Waals surface area contributed by atoms with Gasteiger partial charge < -0.3 is 5.32 Å². The maximum atomic E-state index is 13.3. The van der Waals surface area contributed by atoms with Crippen LogP contribution >= 0.6 is 0 Å². The first-order chi connectivity index (χ1) is 17.4. The van der Waals surface area contributed by atoms with Gasteiger partial charge in [0.2, 0.25) is 10.0 Å². The van der Waals surface area contributed by atoms with Crippen LogP contribution in [0.15, 0.2) is 83.9 Å². The monoisotopic (exact) mass is 501 g/mol. The van der Waals surface area contributed by atoms with Gasteiger partial charge in [-0.3, -0.25) is 4.79 Å². The lowest BCUT2D eigenvalue weighted by Gasteiger charge is -2.26. The quantitative estimate of drug-likeness (QED) is 0.286. The lowest BCUT2D eigenvalue weighted by atomic mass is 10.1. The number of aromatic nitrogens is 2. The Hall–Kier alpha value is -4.00. The number of hydrogen-bond acceptors (Lipinski definition) is 5. The SMILES string of the molecule is C=CCNC(=O)C(C#N)=Cc1cn(-c2ccccc2)nc1-c1cccc(S(=O)(=O)N2CCCCC2)c1. The Morgan fingerprint density at radius 2 is 1.86 bits per heavy atom. The summed E-state index contributed by atoms with van der Waals surface area (Å²) in [5, 5.41) is 16.9. The molecule has 0 radical (unpaired) electrons. The topological polar surface area (TPSA) is 108 Å². The van der Waals surface area contributed by atoms with Gasteiger partial charge in [-0.25, -0.2) is 13.1 Å². The summed E-state index contributed by atoms with van der Waals surface area (Å²) < 4.78 is 29.7. The van der Waals surface area contributed by atoms with Crippen LogP contribution in [-0.2, 0) is 14.8 Å². The minimum Gasteiger partial charge on any atom is -0.348 e. The Morgan fingerprint density at radius 3 is 2.56 bits per heavy atom. The molecule has 1 aromatic heterocycles. The van der Waals surface area contributed by atoms with E-state index < -0.39 is 15.9 Å². The molecule has 8 nitrogen and oxygen atoms in total. The number of hydrogen-bond donors (Lipinski definition) is 1. The number of amides is 1. The third-order valence-electron chi connectivity index (χ3n) is 5.90. The van der Waals surface area contributed by atoms with Gasteiger partial charge in [0.05, 0.1) is 10.6 Å². The molecule has 2 aromatic carbocycles. The van der Waals surface area contributed by atoms with Crippen LogP contribution in [0.5, 0.6) is 0 Å². The van der Waals surface area contributed by atoms with E-state index in [1.807, 2.05) is 36.4 Å². The fraction of sp³-hybridized carbons (Fsp3) is 0.222. The number of piperidine rings is 1. The molecule has 1 aliphatic rings. The molecule has 36 heavy (non-hydrogen) atoms. The van der Waals surface area contributed by atoms with E-state index in [9.17, 15) is 18.5 Å². The molecular weight excluding hydrogens is 474 g/mol. The molecule has 3 aromatic rings. The normalized spacial score (nSPS) is 14.7. The number of carbonyl (C=O) groups is 1. The highest BCUT2D eigenvalue weighted by atomic mass is 32.2. The van der Waals surface area contributed by atoms with Crippen molar-refractivity contribution in [2.75, 3.05) is 19.6 Å². The molecule has 0 atom stereocenters. The fourth-order valence-electron chi connectivity index (χ4n) is 4.05. The Balaban J connectivity index is 1.80. The molecule has 1 aliphatic heterocycles. The van der Waals surface area contributed by atoms with Crippen molar-refractivity contribution in [3.63, 3.8) is 0 Å². The maximum Gasteiger partial charge on any atom is 0.262 e. The summed E-state index contributed by atoms with van der Waals surface area (Å²) in [6, 6.07) is 18.0.